The smallest absolute Gasteiger partial charge is 0.224 e. The molecule has 0 bridgehead atoms. The summed E-state index contributed by atoms with van der Waals surface area (Å²) in [6, 6.07) is 0.882. The fourth-order valence-electron chi connectivity index (χ4n) is 3.58. The monoisotopic (exact) mass is 267 g/mol. The summed E-state index contributed by atoms with van der Waals surface area (Å²) in [5, 5.41) is 0. The van der Waals surface area contributed by atoms with Crippen LogP contribution < -0.4 is 5.73 Å². The average molecular weight is 267 g/mol. The van der Waals surface area contributed by atoms with Gasteiger partial charge in [-0.3, -0.25) is 9.69 Å². The number of likely N-dealkylation sites (tertiary alicyclic amines) is 2. The van der Waals surface area contributed by atoms with Gasteiger partial charge in [-0.15, -0.1) is 0 Å². The molecule has 4 nitrogen and oxygen atoms in total. The van der Waals surface area contributed by atoms with Gasteiger partial charge in [0.2, 0.25) is 5.91 Å². The standard InChI is InChI=1S/C15H29N3O/c1-2-13-7-3-4-10-18(13)14(12-16)11-15(19)17-8-5-6-9-17/h13-14H,2-12,16H2,1H3. The Kier molecular flexibility index (Phi) is 5.64. The van der Waals surface area contributed by atoms with Gasteiger partial charge in [-0.25, -0.2) is 0 Å². The number of rotatable bonds is 5. The van der Waals surface area contributed by atoms with Crippen LogP contribution in [0, 0.1) is 0 Å². The first-order chi connectivity index (χ1) is 9.26. The summed E-state index contributed by atoms with van der Waals surface area (Å²) < 4.78 is 0. The first-order valence-electron chi connectivity index (χ1n) is 7.99. The van der Waals surface area contributed by atoms with Crippen LogP contribution in [0.25, 0.3) is 0 Å². The van der Waals surface area contributed by atoms with Crippen molar-refractivity contribution < 1.29 is 4.79 Å². The van der Waals surface area contributed by atoms with Crippen molar-refractivity contribution in [1.29, 1.82) is 0 Å². The number of piperidine rings is 1. The molecule has 0 saturated carbocycles. The Bertz CT molecular complexity index is 289. The van der Waals surface area contributed by atoms with Gasteiger partial charge in [0.15, 0.2) is 0 Å². The van der Waals surface area contributed by atoms with Crippen molar-refractivity contribution in [3.05, 3.63) is 0 Å². The Morgan fingerprint density at radius 3 is 2.53 bits per heavy atom. The molecular formula is C15H29N3O. The summed E-state index contributed by atoms with van der Waals surface area (Å²) in [7, 11) is 0. The van der Waals surface area contributed by atoms with Crippen molar-refractivity contribution in [2.45, 2.75) is 64.0 Å². The van der Waals surface area contributed by atoms with Gasteiger partial charge in [0.25, 0.3) is 0 Å². The molecule has 2 atom stereocenters. The molecule has 2 fully saturated rings. The maximum Gasteiger partial charge on any atom is 0.224 e. The van der Waals surface area contributed by atoms with Crippen molar-refractivity contribution in [2.75, 3.05) is 26.2 Å². The van der Waals surface area contributed by atoms with Gasteiger partial charge in [0.05, 0.1) is 0 Å². The number of nitrogens with zero attached hydrogens (tertiary/aromatic N) is 2. The second kappa shape index (κ2) is 7.25. The highest BCUT2D eigenvalue weighted by atomic mass is 16.2. The van der Waals surface area contributed by atoms with Crippen molar-refractivity contribution in [1.82, 2.24) is 9.80 Å². The van der Waals surface area contributed by atoms with Gasteiger partial charge in [0, 0.05) is 38.1 Å². The minimum Gasteiger partial charge on any atom is -0.343 e. The maximum absolute atomic E-state index is 12.3. The Morgan fingerprint density at radius 1 is 1.21 bits per heavy atom. The molecule has 0 aromatic carbocycles. The van der Waals surface area contributed by atoms with E-state index in [-0.39, 0.29) is 6.04 Å². The predicted molar refractivity (Wildman–Crippen MR) is 77.9 cm³/mol. The third kappa shape index (κ3) is 3.69. The largest absolute Gasteiger partial charge is 0.343 e. The van der Waals surface area contributed by atoms with E-state index in [4.69, 9.17) is 5.73 Å². The molecule has 2 N–H and O–H groups in total. The molecule has 2 aliphatic heterocycles. The lowest BCUT2D eigenvalue weighted by molar-refractivity contribution is -0.131. The van der Waals surface area contributed by atoms with Crippen molar-refractivity contribution in [3.8, 4) is 0 Å². The summed E-state index contributed by atoms with van der Waals surface area (Å²) in [5.41, 5.74) is 5.96. The van der Waals surface area contributed by atoms with Crippen LogP contribution in [-0.2, 0) is 4.79 Å². The van der Waals surface area contributed by atoms with Crippen LogP contribution in [0.1, 0.15) is 51.9 Å². The minimum absolute atomic E-state index is 0.248. The van der Waals surface area contributed by atoms with E-state index in [1.54, 1.807) is 0 Å². The third-order valence-electron chi connectivity index (χ3n) is 4.75. The summed E-state index contributed by atoms with van der Waals surface area (Å²) in [5.74, 6) is 0.313. The lowest BCUT2D eigenvalue weighted by Crippen LogP contribution is -2.51. The van der Waals surface area contributed by atoms with E-state index in [0.717, 1.165) is 19.6 Å². The summed E-state index contributed by atoms with van der Waals surface area (Å²) in [6.07, 6.45) is 7.98. The van der Waals surface area contributed by atoms with E-state index in [1.807, 2.05) is 4.90 Å². The summed E-state index contributed by atoms with van der Waals surface area (Å²) >= 11 is 0. The number of nitrogens with two attached hydrogens (primary N) is 1. The van der Waals surface area contributed by atoms with Gasteiger partial charge in [0.1, 0.15) is 0 Å². The van der Waals surface area contributed by atoms with E-state index >= 15 is 0 Å². The molecule has 0 aromatic heterocycles. The number of hydrogen-bond donors (Lipinski definition) is 1. The Balaban J connectivity index is 1.92. The Labute approximate surface area is 117 Å². The molecule has 2 aliphatic rings. The van der Waals surface area contributed by atoms with Crippen LogP contribution in [0.15, 0.2) is 0 Å². The molecule has 2 heterocycles. The molecule has 2 rings (SSSR count). The van der Waals surface area contributed by atoms with Crippen LogP contribution in [0.4, 0.5) is 0 Å². The van der Waals surface area contributed by atoms with Crippen LogP contribution in [-0.4, -0.2) is 54.0 Å². The lowest BCUT2D eigenvalue weighted by atomic mass is 9.96. The number of carbonyl (C=O) groups is 1. The zero-order chi connectivity index (χ0) is 13.7. The topological polar surface area (TPSA) is 49.6 Å². The fourth-order valence-corrected chi connectivity index (χ4v) is 3.58. The molecule has 19 heavy (non-hydrogen) atoms. The molecule has 0 radical (unpaired) electrons. The molecule has 110 valence electrons. The second-order valence-corrected chi connectivity index (χ2v) is 5.98. The van der Waals surface area contributed by atoms with Gasteiger partial charge in [-0.2, -0.15) is 0 Å². The predicted octanol–water partition coefficient (Wildman–Crippen LogP) is 1.59. The number of amides is 1. The highest BCUT2D eigenvalue weighted by Gasteiger charge is 2.30. The average Bonchev–Trinajstić information content (AvgIpc) is 2.98. The third-order valence-corrected chi connectivity index (χ3v) is 4.75. The van der Waals surface area contributed by atoms with Crippen molar-refractivity contribution in [2.24, 2.45) is 5.73 Å². The van der Waals surface area contributed by atoms with Crippen LogP contribution >= 0.6 is 0 Å². The summed E-state index contributed by atoms with van der Waals surface area (Å²) in [4.78, 5) is 16.8. The first kappa shape index (κ1) is 14.8. The lowest BCUT2D eigenvalue weighted by Gasteiger charge is -2.40. The van der Waals surface area contributed by atoms with Crippen LogP contribution in [0.5, 0.6) is 0 Å². The van der Waals surface area contributed by atoms with E-state index in [0.29, 0.717) is 24.9 Å². The summed E-state index contributed by atoms with van der Waals surface area (Å²) in [6.45, 7) is 5.88. The van der Waals surface area contributed by atoms with E-state index < -0.39 is 0 Å². The van der Waals surface area contributed by atoms with E-state index in [9.17, 15) is 4.79 Å². The normalized spacial score (nSPS) is 26.6. The van der Waals surface area contributed by atoms with Gasteiger partial charge in [-0.05, 0) is 38.6 Å². The number of carbonyl (C=O) groups excluding carboxylic acids is 1. The molecule has 2 unspecified atom stereocenters. The zero-order valence-electron chi connectivity index (χ0n) is 12.3. The highest BCUT2D eigenvalue weighted by Crippen LogP contribution is 2.23. The van der Waals surface area contributed by atoms with E-state index in [2.05, 4.69) is 11.8 Å². The highest BCUT2D eigenvalue weighted by molar-refractivity contribution is 5.77. The Hall–Kier alpha value is -0.610. The fraction of sp³-hybridized carbons (Fsp3) is 0.933. The molecule has 4 heteroatoms. The molecular weight excluding hydrogens is 238 g/mol. The molecule has 2 saturated heterocycles. The maximum atomic E-state index is 12.3. The van der Waals surface area contributed by atoms with Gasteiger partial charge in [-0.1, -0.05) is 13.3 Å². The van der Waals surface area contributed by atoms with Crippen molar-refractivity contribution in [3.63, 3.8) is 0 Å². The first-order valence-corrected chi connectivity index (χ1v) is 7.99. The SMILES string of the molecule is CCC1CCCCN1C(CN)CC(=O)N1CCCC1. The minimum atomic E-state index is 0.248. The molecule has 1 amide bonds. The van der Waals surface area contributed by atoms with E-state index in [1.165, 1.54) is 38.5 Å². The molecule has 0 aromatic rings. The zero-order valence-corrected chi connectivity index (χ0v) is 12.3. The molecule has 0 spiro atoms. The second-order valence-electron chi connectivity index (χ2n) is 5.98. The van der Waals surface area contributed by atoms with Crippen LogP contribution in [0.2, 0.25) is 0 Å². The number of hydrogen-bond acceptors (Lipinski definition) is 3. The van der Waals surface area contributed by atoms with Gasteiger partial charge < -0.3 is 10.6 Å². The quantitative estimate of drug-likeness (QED) is 0.823. The van der Waals surface area contributed by atoms with Gasteiger partial charge >= 0.3 is 0 Å². The Morgan fingerprint density at radius 2 is 1.89 bits per heavy atom. The van der Waals surface area contributed by atoms with Crippen molar-refractivity contribution >= 4 is 5.91 Å². The van der Waals surface area contributed by atoms with Crippen LogP contribution in [0.3, 0.4) is 0 Å². The molecule has 0 aliphatic carbocycles.